The van der Waals surface area contributed by atoms with Gasteiger partial charge in [-0.3, -0.25) is 4.90 Å². The first kappa shape index (κ1) is 21.5. The van der Waals surface area contributed by atoms with Gasteiger partial charge in [-0.1, -0.05) is 37.8 Å². The lowest BCUT2D eigenvalue weighted by molar-refractivity contribution is -0.0219. The van der Waals surface area contributed by atoms with Crippen molar-refractivity contribution in [3.63, 3.8) is 0 Å². The molecule has 7 unspecified atom stereocenters. The lowest BCUT2D eigenvalue weighted by atomic mass is 9.73. The molecule has 0 aromatic rings. The SMILES string of the molecule is CC1CC(CC2CCCC3CC(C)CC(CC4CCCCN4)N23)=C2CCCNC2C1. The summed E-state index contributed by atoms with van der Waals surface area (Å²) in [5, 5.41) is 7.74. The van der Waals surface area contributed by atoms with E-state index in [0.717, 1.165) is 36.0 Å². The highest BCUT2D eigenvalue weighted by molar-refractivity contribution is 5.26. The molecule has 4 saturated heterocycles. The van der Waals surface area contributed by atoms with Crippen LogP contribution in [0.3, 0.4) is 0 Å². The Morgan fingerprint density at radius 3 is 2.60 bits per heavy atom. The first-order valence-electron chi connectivity index (χ1n) is 13.6. The highest BCUT2D eigenvalue weighted by Gasteiger charge is 2.42. The van der Waals surface area contributed by atoms with E-state index in [1.165, 1.54) is 103 Å². The van der Waals surface area contributed by atoms with Gasteiger partial charge in [-0.05, 0) is 102 Å². The van der Waals surface area contributed by atoms with Crippen LogP contribution < -0.4 is 10.6 Å². The van der Waals surface area contributed by atoms with Gasteiger partial charge in [-0.15, -0.1) is 0 Å². The summed E-state index contributed by atoms with van der Waals surface area (Å²) in [5.74, 6) is 1.78. The number of nitrogens with one attached hydrogen (secondary N) is 2. The van der Waals surface area contributed by atoms with Crippen LogP contribution in [0.2, 0.25) is 0 Å². The van der Waals surface area contributed by atoms with E-state index in [9.17, 15) is 0 Å². The summed E-state index contributed by atoms with van der Waals surface area (Å²) >= 11 is 0. The van der Waals surface area contributed by atoms with E-state index in [2.05, 4.69) is 29.4 Å². The first-order chi connectivity index (χ1) is 14.7. The molecule has 170 valence electrons. The average Bonchev–Trinajstić information content (AvgIpc) is 2.74. The van der Waals surface area contributed by atoms with Crippen LogP contribution in [0, 0.1) is 11.8 Å². The highest BCUT2D eigenvalue weighted by Crippen LogP contribution is 2.43. The molecule has 4 heterocycles. The normalized spacial score (nSPS) is 43.2. The maximum Gasteiger partial charge on any atom is 0.0284 e. The monoisotopic (exact) mass is 413 g/mol. The molecule has 0 aromatic heterocycles. The van der Waals surface area contributed by atoms with Gasteiger partial charge in [-0.25, -0.2) is 0 Å². The van der Waals surface area contributed by atoms with Crippen LogP contribution in [0.4, 0.5) is 0 Å². The second kappa shape index (κ2) is 9.63. The summed E-state index contributed by atoms with van der Waals surface area (Å²) in [6.45, 7) is 7.52. The van der Waals surface area contributed by atoms with Gasteiger partial charge in [0.1, 0.15) is 0 Å². The maximum absolute atomic E-state index is 3.87. The average molecular weight is 414 g/mol. The quantitative estimate of drug-likeness (QED) is 0.604. The van der Waals surface area contributed by atoms with Crippen molar-refractivity contribution in [3.05, 3.63) is 11.1 Å². The number of fused-ring (bicyclic) bond motifs is 2. The van der Waals surface area contributed by atoms with E-state index in [1.54, 1.807) is 0 Å². The van der Waals surface area contributed by atoms with Crippen LogP contribution in [0.1, 0.15) is 104 Å². The second-order valence-corrected chi connectivity index (χ2v) is 11.8. The predicted molar refractivity (Wildman–Crippen MR) is 127 cm³/mol. The molecule has 3 heteroatoms. The summed E-state index contributed by atoms with van der Waals surface area (Å²) in [5.41, 5.74) is 3.72. The minimum atomic E-state index is 0.709. The standard InChI is InChI=1S/C27H47N3/c1-19-13-21(26-10-6-12-29-27(26)16-19)17-24-9-5-8-23-14-20(2)15-25(30(23)24)18-22-7-3-4-11-28-22/h19-20,22-25,27-29H,3-18H2,1-2H3. The number of piperidine rings is 4. The van der Waals surface area contributed by atoms with Gasteiger partial charge in [0.25, 0.3) is 0 Å². The minimum absolute atomic E-state index is 0.709. The van der Waals surface area contributed by atoms with E-state index >= 15 is 0 Å². The van der Waals surface area contributed by atoms with Crippen LogP contribution in [0.15, 0.2) is 11.1 Å². The van der Waals surface area contributed by atoms with Gasteiger partial charge in [0.15, 0.2) is 0 Å². The Kier molecular flexibility index (Phi) is 6.89. The van der Waals surface area contributed by atoms with Crippen LogP contribution in [0.5, 0.6) is 0 Å². The molecule has 5 rings (SSSR count). The Morgan fingerprint density at radius 1 is 0.833 bits per heavy atom. The maximum atomic E-state index is 3.87. The van der Waals surface area contributed by atoms with Crippen LogP contribution in [-0.4, -0.2) is 48.2 Å². The van der Waals surface area contributed by atoms with Gasteiger partial charge >= 0.3 is 0 Å². The molecule has 1 aliphatic carbocycles. The fourth-order valence-corrected chi connectivity index (χ4v) is 8.08. The molecule has 0 aromatic carbocycles. The molecule has 0 bridgehead atoms. The van der Waals surface area contributed by atoms with Crippen molar-refractivity contribution in [3.8, 4) is 0 Å². The van der Waals surface area contributed by atoms with Crippen LogP contribution in [0.25, 0.3) is 0 Å². The van der Waals surface area contributed by atoms with Crippen molar-refractivity contribution in [1.82, 2.24) is 15.5 Å². The summed E-state index contributed by atoms with van der Waals surface area (Å²) in [6.07, 6.45) is 19.8. The summed E-state index contributed by atoms with van der Waals surface area (Å²) in [4.78, 5) is 3.11. The van der Waals surface area contributed by atoms with Crippen LogP contribution >= 0.6 is 0 Å². The molecule has 30 heavy (non-hydrogen) atoms. The molecule has 4 fully saturated rings. The lowest BCUT2D eigenvalue weighted by Gasteiger charge is -2.53. The Hall–Kier alpha value is -0.380. The van der Waals surface area contributed by atoms with Crippen molar-refractivity contribution in [2.75, 3.05) is 13.1 Å². The molecule has 0 radical (unpaired) electrons. The van der Waals surface area contributed by atoms with Gasteiger partial charge < -0.3 is 10.6 Å². The van der Waals surface area contributed by atoms with Crippen molar-refractivity contribution < 1.29 is 0 Å². The third-order valence-electron chi connectivity index (χ3n) is 9.26. The highest BCUT2D eigenvalue weighted by atomic mass is 15.2. The zero-order chi connectivity index (χ0) is 20.5. The van der Waals surface area contributed by atoms with E-state index in [0.29, 0.717) is 6.04 Å². The molecule has 0 saturated carbocycles. The molecule has 0 amide bonds. The lowest BCUT2D eigenvalue weighted by Crippen LogP contribution is -2.57. The number of nitrogens with zero attached hydrogens (tertiary/aromatic N) is 1. The van der Waals surface area contributed by atoms with Crippen LogP contribution in [-0.2, 0) is 0 Å². The topological polar surface area (TPSA) is 27.3 Å². The number of rotatable bonds is 4. The summed E-state index contributed by atoms with van der Waals surface area (Å²) in [6, 6.07) is 4.00. The first-order valence-corrected chi connectivity index (χ1v) is 13.6. The molecule has 0 spiro atoms. The number of hydrogen-bond acceptors (Lipinski definition) is 3. The zero-order valence-corrected chi connectivity index (χ0v) is 19.8. The third-order valence-corrected chi connectivity index (χ3v) is 9.26. The minimum Gasteiger partial charge on any atom is -0.314 e. The largest absolute Gasteiger partial charge is 0.314 e. The van der Waals surface area contributed by atoms with E-state index in [1.807, 2.05) is 11.1 Å². The van der Waals surface area contributed by atoms with Crippen molar-refractivity contribution in [2.24, 2.45) is 11.8 Å². The van der Waals surface area contributed by atoms with E-state index in [4.69, 9.17) is 0 Å². The molecular weight excluding hydrogens is 366 g/mol. The van der Waals surface area contributed by atoms with Crippen molar-refractivity contribution >= 4 is 0 Å². The Bertz CT molecular complexity index is 607. The molecule has 3 nitrogen and oxygen atoms in total. The molecule has 2 N–H and O–H groups in total. The van der Waals surface area contributed by atoms with Crippen molar-refractivity contribution in [2.45, 2.75) is 134 Å². The molecular formula is C27H47N3. The Morgan fingerprint density at radius 2 is 1.73 bits per heavy atom. The van der Waals surface area contributed by atoms with Gasteiger partial charge in [-0.2, -0.15) is 0 Å². The third kappa shape index (κ3) is 4.69. The zero-order valence-electron chi connectivity index (χ0n) is 19.8. The smallest absolute Gasteiger partial charge is 0.0284 e. The fraction of sp³-hybridized carbons (Fsp3) is 0.926. The molecule has 4 aliphatic heterocycles. The van der Waals surface area contributed by atoms with Crippen molar-refractivity contribution in [1.29, 1.82) is 0 Å². The number of hydrogen-bond donors (Lipinski definition) is 2. The van der Waals surface area contributed by atoms with Gasteiger partial charge in [0.05, 0.1) is 0 Å². The van der Waals surface area contributed by atoms with E-state index in [-0.39, 0.29) is 0 Å². The molecule has 7 atom stereocenters. The summed E-state index contributed by atoms with van der Waals surface area (Å²) < 4.78 is 0. The second-order valence-electron chi connectivity index (χ2n) is 11.8. The fourth-order valence-electron chi connectivity index (χ4n) is 8.08. The van der Waals surface area contributed by atoms with Gasteiger partial charge in [0.2, 0.25) is 0 Å². The molecule has 5 aliphatic rings. The van der Waals surface area contributed by atoms with E-state index < -0.39 is 0 Å². The Balaban J connectivity index is 1.35. The Labute approximate surface area is 185 Å². The predicted octanol–water partition coefficient (Wildman–Crippen LogP) is 5.41. The summed E-state index contributed by atoms with van der Waals surface area (Å²) in [7, 11) is 0. The van der Waals surface area contributed by atoms with Gasteiger partial charge in [0, 0.05) is 30.2 Å².